The van der Waals surface area contributed by atoms with Crippen LogP contribution >= 0.6 is 0 Å². The van der Waals surface area contributed by atoms with Crippen molar-refractivity contribution in [3.63, 3.8) is 0 Å². The van der Waals surface area contributed by atoms with E-state index in [1.807, 2.05) is 0 Å². The Hall–Kier alpha value is -1.51. The summed E-state index contributed by atoms with van der Waals surface area (Å²) in [5.41, 5.74) is 1.59. The molecule has 1 aromatic carbocycles. The van der Waals surface area contributed by atoms with E-state index in [4.69, 9.17) is 5.11 Å². The largest absolute Gasteiger partial charge is 0.508 e. The van der Waals surface area contributed by atoms with Gasteiger partial charge in [-0.3, -0.25) is 4.79 Å². The molecule has 0 aliphatic carbocycles. The zero-order valence-electron chi connectivity index (χ0n) is 8.86. The van der Waals surface area contributed by atoms with Crippen LogP contribution < -0.4 is 0 Å². The van der Waals surface area contributed by atoms with Gasteiger partial charge in [-0.2, -0.15) is 0 Å². The number of carbonyl (C=O) groups is 1. The van der Waals surface area contributed by atoms with Crippen LogP contribution in [0.3, 0.4) is 0 Å². The Bertz CT molecular complexity index is 345. The van der Waals surface area contributed by atoms with E-state index < -0.39 is 5.97 Å². The number of carboxylic acid groups (broad SMARTS) is 1. The predicted molar refractivity (Wildman–Crippen MR) is 58.1 cm³/mol. The second-order valence-electron chi connectivity index (χ2n) is 3.64. The molecule has 0 saturated heterocycles. The zero-order chi connectivity index (χ0) is 11.3. The van der Waals surface area contributed by atoms with Crippen LogP contribution in [-0.4, -0.2) is 16.2 Å². The van der Waals surface area contributed by atoms with Crippen molar-refractivity contribution in [3.05, 3.63) is 29.3 Å². The van der Waals surface area contributed by atoms with E-state index >= 15 is 0 Å². The first-order valence-corrected chi connectivity index (χ1v) is 5.16. The molecule has 0 aliphatic heterocycles. The molecule has 0 aromatic heterocycles. The van der Waals surface area contributed by atoms with Gasteiger partial charge >= 0.3 is 5.97 Å². The van der Waals surface area contributed by atoms with Gasteiger partial charge < -0.3 is 10.2 Å². The summed E-state index contributed by atoms with van der Waals surface area (Å²) in [6, 6.07) is 5.00. The molecule has 1 aromatic rings. The topological polar surface area (TPSA) is 57.5 Å². The van der Waals surface area contributed by atoms with Crippen LogP contribution in [-0.2, 0) is 17.6 Å². The van der Waals surface area contributed by atoms with E-state index in [1.54, 1.807) is 18.2 Å². The summed E-state index contributed by atoms with van der Waals surface area (Å²) in [6.45, 7) is 2.08. The lowest BCUT2D eigenvalue weighted by Crippen LogP contribution is -2.00. The molecule has 0 radical (unpaired) electrons. The van der Waals surface area contributed by atoms with E-state index in [1.165, 1.54) is 0 Å². The number of aryl methyl sites for hydroxylation is 1. The van der Waals surface area contributed by atoms with Crippen molar-refractivity contribution in [1.29, 1.82) is 0 Å². The summed E-state index contributed by atoms with van der Waals surface area (Å²) in [4.78, 5) is 10.5. The average molecular weight is 208 g/mol. The molecule has 0 spiro atoms. The van der Waals surface area contributed by atoms with Crippen LogP contribution in [0, 0.1) is 0 Å². The molecular weight excluding hydrogens is 192 g/mol. The van der Waals surface area contributed by atoms with E-state index in [-0.39, 0.29) is 12.2 Å². The third kappa shape index (κ3) is 3.62. The number of aliphatic carboxylic acids is 1. The lowest BCUT2D eigenvalue weighted by atomic mass is 10.0. The van der Waals surface area contributed by atoms with Gasteiger partial charge in [-0.15, -0.1) is 0 Å². The van der Waals surface area contributed by atoms with Gasteiger partial charge in [0.2, 0.25) is 0 Å². The van der Waals surface area contributed by atoms with Gasteiger partial charge in [0.05, 0.1) is 6.42 Å². The molecule has 0 heterocycles. The molecule has 0 unspecified atom stereocenters. The van der Waals surface area contributed by atoms with Crippen LogP contribution in [0.2, 0.25) is 0 Å². The van der Waals surface area contributed by atoms with Crippen molar-refractivity contribution in [1.82, 2.24) is 0 Å². The molecule has 0 saturated carbocycles. The van der Waals surface area contributed by atoms with E-state index in [0.29, 0.717) is 0 Å². The molecule has 0 bridgehead atoms. The number of carboxylic acids is 1. The second kappa shape index (κ2) is 5.39. The average Bonchev–Trinajstić information content (AvgIpc) is 2.18. The highest BCUT2D eigenvalue weighted by atomic mass is 16.4. The number of unbranched alkanes of at least 4 members (excludes halogenated alkanes) is 1. The Balaban J connectivity index is 2.79. The minimum atomic E-state index is -0.845. The Kier molecular flexibility index (Phi) is 4.16. The van der Waals surface area contributed by atoms with Crippen LogP contribution in [0.5, 0.6) is 5.75 Å². The molecule has 0 aliphatic rings. The van der Waals surface area contributed by atoms with Crippen molar-refractivity contribution in [2.45, 2.75) is 32.6 Å². The van der Waals surface area contributed by atoms with Gasteiger partial charge in [0, 0.05) is 0 Å². The third-order valence-corrected chi connectivity index (χ3v) is 2.30. The van der Waals surface area contributed by atoms with Crippen molar-refractivity contribution >= 4 is 5.97 Å². The number of phenolic OH excluding ortho intramolecular Hbond substituents is 1. The first-order valence-electron chi connectivity index (χ1n) is 5.16. The number of rotatable bonds is 5. The van der Waals surface area contributed by atoms with Gasteiger partial charge in [-0.25, -0.2) is 0 Å². The van der Waals surface area contributed by atoms with E-state index in [2.05, 4.69) is 6.92 Å². The van der Waals surface area contributed by atoms with Crippen molar-refractivity contribution < 1.29 is 15.0 Å². The highest BCUT2D eigenvalue weighted by molar-refractivity contribution is 5.70. The Morgan fingerprint density at radius 2 is 2.13 bits per heavy atom. The molecule has 15 heavy (non-hydrogen) atoms. The van der Waals surface area contributed by atoms with Gasteiger partial charge in [0.1, 0.15) is 5.75 Å². The predicted octanol–water partition coefficient (Wildman–Crippen LogP) is 2.36. The first kappa shape index (κ1) is 11.6. The van der Waals surface area contributed by atoms with Crippen LogP contribution in [0.4, 0.5) is 0 Å². The maximum absolute atomic E-state index is 10.5. The molecule has 0 amide bonds. The molecule has 0 fully saturated rings. The van der Waals surface area contributed by atoms with Gasteiger partial charge in [0.25, 0.3) is 0 Å². The maximum atomic E-state index is 10.5. The van der Waals surface area contributed by atoms with Gasteiger partial charge in [-0.1, -0.05) is 25.5 Å². The zero-order valence-corrected chi connectivity index (χ0v) is 8.86. The van der Waals surface area contributed by atoms with Crippen LogP contribution in [0.1, 0.15) is 30.9 Å². The lowest BCUT2D eigenvalue weighted by Gasteiger charge is -2.05. The van der Waals surface area contributed by atoms with E-state index in [0.717, 1.165) is 30.4 Å². The molecule has 82 valence electrons. The highest BCUT2D eigenvalue weighted by Crippen LogP contribution is 2.20. The second-order valence-corrected chi connectivity index (χ2v) is 3.64. The highest BCUT2D eigenvalue weighted by Gasteiger charge is 2.05. The molecule has 2 N–H and O–H groups in total. The number of phenols is 1. The molecule has 3 heteroatoms. The number of benzene rings is 1. The van der Waals surface area contributed by atoms with Crippen molar-refractivity contribution in [3.8, 4) is 5.75 Å². The summed E-state index contributed by atoms with van der Waals surface area (Å²) < 4.78 is 0. The fraction of sp³-hybridized carbons (Fsp3) is 0.417. The molecule has 0 atom stereocenters. The number of hydrogen-bond donors (Lipinski definition) is 2. The fourth-order valence-electron chi connectivity index (χ4n) is 1.49. The third-order valence-electron chi connectivity index (χ3n) is 2.30. The molecule has 3 nitrogen and oxygen atoms in total. The van der Waals surface area contributed by atoms with Crippen molar-refractivity contribution in [2.75, 3.05) is 0 Å². The van der Waals surface area contributed by atoms with Crippen LogP contribution in [0.15, 0.2) is 18.2 Å². The Morgan fingerprint density at radius 3 is 2.73 bits per heavy atom. The Labute approximate surface area is 89.4 Å². The minimum absolute atomic E-state index is 0.0133. The summed E-state index contributed by atoms with van der Waals surface area (Å²) in [5.74, 6) is -0.584. The Morgan fingerprint density at radius 1 is 1.40 bits per heavy atom. The van der Waals surface area contributed by atoms with E-state index in [9.17, 15) is 9.90 Å². The minimum Gasteiger partial charge on any atom is -0.508 e. The van der Waals surface area contributed by atoms with Gasteiger partial charge in [0.15, 0.2) is 0 Å². The fourth-order valence-corrected chi connectivity index (χ4v) is 1.49. The normalized spacial score (nSPS) is 10.2. The summed E-state index contributed by atoms with van der Waals surface area (Å²) in [6.07, 6.45) is 2.88. The monoisotopic (exact) mass is 208 g/mol. The first-order chi connectivity index (χ1) is 7.13. The molecule has 1 rings (SSSR count). The maximum Gasteiger partial charge on any atom is 0.307 e. The van der Waals surface area contributed by atoms with Gasteiger partial charge in [-0.05, 0) is 30.0 Å². The molecular formula is C12H16O3. The number of hydrogen-bond acceptors (Lipinski definition) is 2. The van der Waals surface area contributed by atoms with Crippen molar-refractivity contribution in [2.24, 2.45) is 0 Å². The summed E-state index contributed by atoms with van der Waals surface area (Å²) in [7, 11) is 0. The quantitative estimate of drug-likeness (QED) is 0.781. The smallest absolute Gasteiger partial charge is 0.307 e. The number of aromatic hydroxyl groups is 1. The SMILES string of the molecule is CCCCc1cc(CC(=O)O)ccc1O. The summed E-state index contributed by atoms with van der Waals surface area (Å²) in [5, 5.41) is 18.2. The lowest BCUT2D eigenvalue weighted by molar-refractivity contribution is -0.136. The standard InChI is InChI=1S/C12H16O3/c1-2-3-4-10-7-9(8-12(14)15)5-6-11(10)13/h5-7,13H,2-4,8H2,1H3,(H,14,15). The van der Waals surface area contributed by atoms with Crippen LogP contribution in [0.25, 0.3) is 0 Å². The summed E-state index contributed by atoms with van der Waals surface area (Å²) >= 11 is 0.